The number of carbonyl (C=O) groups excluding carboxylic acids is 2. The highest BCUT2D eigenvalue weighted by Crippen LogP contribution is 2.38. The predicted molar refractivity (Wildman–Crippen MR) is 126 cm³/mol. The Bertz CT molecular complexity index is 1060. The number of halogens is 1. The van der Waals surface area contributed by atoms with Crippen LogP contribution in [0.25, 0.3) is 0 Å². The number of anilines is 3. The zero-order valence-corrected chi connectivity index (χ0v) is 19.5. The summed E-state index contributed by atoms with van der Waals surface area (Å²) < 4.78 is 0. The molecule has 0 saturated carbocycles. The molecule has 0 atom stereocenters. The maximum Gasteiger partial charge on any atom is 0.230 e. The van der Waals surface area contributed by atoms with E-state index in [1.54, 1.807) is 16.7 Å². The molecule has 2 aromatic carbocycles. The van der Waals surface area contributed by atoms with Gasteiger partial charge in [-0.05, 0) is 55.3 Å². The van der Waals surface area contributed by atoms with Crippen molar-refractivity contribution in [2.75, 3.05) is 10.2 Å². The zero-order chi connectivity index (χ0) is 21.8. The molecule has 0 aliphatic heterocycles. The lowest BCUT2D eigenvalue weighted by Crippen LogP contribution is -2.24. The van der Waals surface area contributed by atoms with Gasteiger partial charge in [0, 0.05) is 35.6 Å². The van der Waals surface area contributed by atoms with Crippen molar-refractivity contribution in [1.82, 2.24) is 4.98 Å². The lowest BCUT2D eigenvalue weighted by Gasteiger charge is -2.22. The molecule has 0 unspecified atom stereocenters. The highest BCUT2D eigenvalue weighted by Gasteiger charge is 2.22. The largest absolute Gasteiger partial charge is 0.326 e. The lowest BCUT2D eigenvalue weighted by molar-refractivity contribution is -0.116. The van der Waals surface area contributed by atoms with E-state index in [0.717, 1.165) is 27.4 Å². The van der Waals surface area contributed by atoms with Crippen LogP contribution >= 0.6 is 34.7 Å². The molecule has 2 amide bonds. The Morgan fingerprint density at radius 2 is 1.87 bits per heavy atom. The average Bonchev–Trinajstić information content (AvgIpc) is 3.11. The summed E-state index contributed by atoms with van der Waals surface area (Å²) >= 11 is 9.53. The van der Waals surface area contributed by atoms with Gasteiger partial charge in [-0.15, -0.1) is 23.1 Å². The first-order valence-corrected chi connectivity index (χ1v) is 11.5. The predicted octanol–water partition coefficient (Wildman–Crippen LogP) is 6.35. The fourth-order valence-electron chi connectivity index (χ4n) is 3.04. The molecule has 0 saturated heterocycles. The van der Waals surface area contributed by atoms with E-state index in [9.17, 15) is 9.59 Å². The third kappa shape index (κ3) is 5.41. The van der Waals surface area contributed by atoms with Gasteiger partial charge in [0.2, 0.25) is 11.8 Å². The Hall–Kier alpha value is -2.35. The van der Waals surface area contributed by atoms with Crippen molar-refractivity contribution in [3.05, 3.63) is 63.6 Å². The van der Waals surface area contributed by atoms with Crippen LogP contribution in [0.5, 0.6) is 0 Å². The molecule has 1 N–H and O–H groups in total. The maximum absolute atomic E-state index is 12.4. The summed E-state index contributed by atoms with van der Waals surface area (Å²) in [7, 11) is 0. The molecule has 0 aliphatic carbocycles. The minimum absolute atomic E-state index is 0.0932. The molecule has 0 spiro atoms. The minimum atomic E-state index is -0.133. The van der Waals surface area contributed by atoms with E-state index in [1.807, 2.05) is 55.6 Å². The first-order chi connectivity index (χ1) is 14.2. The van der Waals surface area contributed by atoms with Crippen LogP contribution < -0.4 is 10.2 Å². The second-order valence-electron chi connectivity index (χ2n) is 6.88. The van der Waals surface area contributed by atoms with Crippen LogP contribution in [-0.4, -0.2) is 16.8 Å². The van der Waals surface area contributed by atoms with Gasteiger partial charge < -0.3 is 5.32 Å². The Labute approximate surface area is 189 Å². The first-order valence-electron chi connectivity index (χ1n) is 9.27. The summed E-state index contributed by atoms with van der Waals surface area (Å²) in [4.78, 5) is 30.9. The number of nitrogens with zero attached hydrogens (tertiary/aromatic N) is 2. The van der Waals surface area contributed by atoms with Crippen molar-refractivity contribution in [2.24, 2.45) is 0 Å². The highest BCUT2D eigenvalue weighted by atomic mass is 35.5. The molecule has 0 fully saturated rings. The van der Waals surface area contributed by atoms with E-state index in [0.29, 0.717) is 21.6 Å². The third-order valence-electron chi connectivity index (χ3n) is 4.23. The zero-order valence-electron chi connectivity index (χ0n) is 17.2. The van der Waals surface area contributed by atoms with E-state index >= 15 is 0 Å². The van der Waals surface area contributed by atoms with Gasteiger partial charge in [0.1, 0.15) is 0 Å². The van der Waals surface area contributed by atoms with Gasteiger partial charge in [-0.3, -0.25) is 14.5 Å². The van der Waals surface area contributed by atoms with Crippen LogP contribution in [0, 0.1) is 13.8 Å². The van der Waals surface area contributed by atoms with Crippen LogP contribution in [-0.2, 0) is 15.3 Å². The molecule has 8 heteroatoms. The molecule has 156 valence electrons. The smallest absolute Gasteiger partial charge is 0.230 e. The third-order valence-corrected chi connectivity index (χ3v) is 6.44. The molecule has 3 rings (SSSR count). The summed E-state index contributed by atoms with van der Waals surface area (Å²) in [6, 6.07) is 11.5. The van der Waals surface area contributed by atoms with Crippen molar-refractivity contribution >= 4 is 63.0 Å². The SMILES string of the molecule is CC(=O)Nc1ccc(SCc2csc(N(C(C)=O)c3c(C)cc(C)cc3Cl)n2)cc1. The van der Waals surface area contributed by atoms with E-state index in [1.165, 1.54) is 25.2 Å². The van der Waals surface area contributed by atoms with Gasteiger partial charge in [-0.2, -0.15) is 0 Å². The van der Waals surface area contributed by atoms with Crippen molar-refractivity contribution in [3.8, 4) is 0 Å². The van der Waals surface area contributed by atoms with Gasteiger partial charge in [-0.25, -0.2) is 4.98 Å². The number of amides is 2. The van der Waals surface area contributed by atoms with E-state index in [4.69, 9.17) is 11.6 Å². The number of thiazole rings is 1. The summed E-state index contributed by atoms with van der Waals surface area (Å²) in [6.45, 7) is 6.92. The standard InChI is InChI=1S/C22H22ClN3O2S2/c1-13-9-14(2)21(20(23)10-13)26(16(4)28)22-25-18(12-30-22)11-29-19-7-5-17(6-8-19)24-15(3)27/h5-10,12H,11H2,1-4H3,(H,24,27). The Balaban J connectivity index is 1.76. The molecule has 0 bridgehead atoms. The van der Waals surface area contributed by atoms with Crippen LogP contribution in [0.4, 0.5) is 16.5 Å². The van der Waals surface area contributed by atoms with Crippen molar-refractivity contribution in [2.45, 2.75) is 38.3 Å². The van der Waals surface area contributed by atoms with Crippen LogP contribution in [0.1, 0.15) is 30.7 Å². The fraction of sp³-hybridized carbons (Fsp3) is 0.227. The number of aryl methyl sites for hydroxylation is 2. The van der Waals surface area contributed by atoms with E-state index in [2.05, 4.69) is 10.3 Å². The maximum atomic E-state index is 12.4. The molecular formula is C22H22ClN3O2S2. The Kier molecular flexibility index (Phi) is 7.18. The topological polar surface area (TPSA) is 62.3 Å². The number of hydrogen-bond acceptors (Lipinski definition) is 5. The summed E-state index contributed by atoms with van der Waals surface area (Å²) in [5.41, 5.74) is 4.31. The number of benzene rings is 2. The average molecular weight is 460 g/mol. The molecular weight excluding hydrogens is 438 g/mol. The number of aromatic nitrogens is 1. The Morgan fingerprint density at radius 3 is 2.47 bits per heavy atom. The normalized spacial score (nSPS) is 10.7. The minimum Gasteiger partial charge on any atom is -0.326 e. The van der Waals surface area contributed by atoms with Crippen LogP contribution in [0.2, 0.25) is 5.02 Å². The first kappa shape index (κ1) is 22.3. The molecule has 0 aliphatic rings. The highest BCUT2D eigenvalue weighted by molar-refractivity contribution is 7.98. The molecule has 3 aromatic rings. The number of hydrogen-bond donors (Lipinski definition) is 1. The van der Waals surface area contributed by atoms with Gasteiger partial charge >= 0.3 is 0 Å². The number of rotatable bonds is 6. The quantitative estimate of drug-likeness (QED) is 0.436. The number of thioether (sulfide) groups is 1. The van der Waals surface area contributed by atoms with Crippen molar-refractivity contribution < 1.29 is 9.59 Å². The second kappa shape index (κ2) is 9.64. The van der Waals surface area contributed by atoms with Gasteiger partial charge in [-0.1, -0.05) is 17.7 Å². The van der Waals surface area contributed by atoms with Gasteiger partial charge in [0.05, 0.1) is 16.4 Å². The monoisotopic (exact) mass is 459 g/mol. The fourth-order valence-corrected chi connectivity index (χ4v) is 5.21. The van der Waals surface area contributed by atoms with Gasteiger partial charge in [0.15, 0.2) is 5.13 Å². The number of nitrogens with one attached hydrogen (secondary N) is 1. The molecule has 30 heavy (non-hydrogen) atoms. The molecule has 5 nitrogen and oxygen atoms in total. The van der Waals surface area contributed by atoms with Crippen molar-refractivity contribution in [1.29, 1.82) is 0 Å². The summed E-state index contributed by atoms with van der Waals surface area (Å²) in [5, 5.41) is 5.85. The summed E-state index contributed by atoms with van der Waals surface area (Å²) in [6.07, 6.45) is 0. The molecule has 1 heterocycles. The van der Waals surface area contributed by atoms with Gasteiger partial charge in [0.25, 0.3) is 0 Å². The van der Waals surface area contributed by atoms with Crippen LogP contribution in [0.15, 0.2) is 46.7 Å². The lowest BCUT2D eigenvalue weighted by atomic mass is 10.1. The summed E-state index contributed by atoms with van der Waals surface area (Å²) in [5.74, 6) is 0.442. The van der Waals surface area contributed by atoms with Crippen molar-refractivity contribution in [3.63, 3.8) is 0 Å². The number of carbonyl (C=O) groups is 2. The van der Waals surface area contributed by atoms with E-state index < -0.39 is 0 Å². The Morgan fingerprint density at radius 1 is 1.17 bits per heavy atom. The second-order valence-corrected chi connectivity index (χ2v) is 9.17. The van der Waals surface area contributed by atoms with Crippen LogP contribution in [0.3, 0.4) is 0 Å². The molecule has 1 aromatic heterocycles. The van der Waals surface area contributed by atoms with E-state index in [-0.39, 0.29) is 11.8 Å². The molecule has 0 radical (unpaired) electrons.